The van der Waals surface area contributed by atoms with Crippen molar-refractivity contribution in [1.29, 1.82) is 0 Å². The molecule has 0 saturated carbocycles. The van der Waals surface area contributed by atoms with E-state index < -0.39 is 11.7 Å². The number of aliphatic hydroxyl groups excluding tert-OH is 1. The molecule has 0 atom stereocenters. The van der Waals surface area contributed by atoms with E-state index in [2.05, 4.69) is 0 Å². The van der Waals surface area contributed by atoms with Crippen LogP contribution >= 0.6 is 0 Å². The van der Waals surface area contributed by atoms with Crippen LogP contribution in [0.4, 0.5) is 18.9 Å². The molecule has 0 aliphatic heterocycles. The summed E-state index contributed by atoms with van der Waals surface area (Å²) in [5.41, 5.74) is -0.149. The molecule has 0 heterocycles. The van der Waals surface area contributed by atoms with E-state index in [1.54, 1.807) is 18.0 Å². The fraction of sp³-hybridized carbons (Fsp3) is 0.455. The van der Waals surface area contributed by atoms with E-state index in [4.69, 9.17) is 5.11 Å². The van der Waals surface area contributed by atoms with Crippen LogP contribution in [0.5, 0.6) is 0 Å². The average Bonchev–Trinajstić information content (AvgIpc) is 2.25. The van der Waals surface area contributed by atoms with E-state index in [0.29, 0.717) is 18.7 Å². The number of hydrogen-bond donors (Lipinski definition) is 1. The zero-order chi connectivity index (χ0) is 12.2. The number of halogens is 3. The minimum absolute atomic E-state index is 0.0311. The molecule has 0 unspecified atom stereocenters. The Morgan fingerprint density at radius 3 is 2.56 bits per heavy atom. The Kier molecular flexibility index (Phi) is 4.18. The van der Waals surface area contributed by atoms with Crippen LogP contribution in [0.25, 0.3) is 0 Å². The molecule has 5 heteroatoms. The molecular formula is C11H14F3NO. The molecule has 2 nitrogen and oxygen atoms in total. The zero-order valence-corrected chi connectivity index (χ0v) is 8.96. The highest BCUT2D eigenvalue weighted by Gasteiger charge is 2.30. The van der Waals surface area contributed by atoms with Gasteiger partial charge in [-0.3, -0.25) is 0 Å². The number of aliphatic hydroxyl groups is 1. The first-order valence-corrected chi connectivity index (χ1v) is 4.94. The molecule has 0 amide bonds. The Labute approximate surface area is 92.3 Å². The SMILES string of the molecule is CN(CCCO)c1cccc(C(F)(F)F)c1. The second-order valence-corrected chi connectivity index (χ2v) is 3.55. The molecule has 0 saturated heterocycles. The van der Waals surface area contributed by atoms with Gasteiger partial charge in [0, 0.05) is 25.9 Å². The van der Waals surface area contributed by atoms with E-state index in [0.717, 1.165) is 12.1 Å². The van der Waals surface area contributed by atoms with Crippen LogP contribution in [-0.2, 0) is 6.18 Å². The first kappa shape index (κ1) is 12.8. The minimum atomic E-state index is -4.31. The van der Waals surface area contributed by atoms with Crippen molar-refractivity contribution in [3.63, 3.8) is 0 Å². The van der Waals surface area contributed by atoms with Gasteiger partial charge in [0.1, 0.15) is 0 Å². The third kappa shape index (κ3) is 3.41. The van der Waals surface area contributed by atoms with Gasteiger partial charge in [-0.25, -0.2) is 0 Å². The first-order chi connectivity index (χ1) is 7.45. The fourth-order valence-electron chi connectivity index (χ4n) is 1.36. The molecule has 0 aliphatic rings. The van der Waals surface area contributed by atoms with Gasteiger partial charge in [-0.2, -0.15) is 13.2 Å². The summed E-state index contributed by atoms with van der Waals surface area (Å²) >= 11 is 0. The minimum Gasteiger partial charge on any atom is -0.396 e. The molecule has 1 rings (SSSR count). The fourth-order valence-corrected chi connectivity index (χ4v) is 1.36. The molecule has 0 spiro atoms. The average molecular weight is 233 g/mol. The van der Waals surface area contributed by atoms with E-state index >= 15 is 0 Å². The van der Waals surface area contributed by atoms with Gasteiger partial charge in [-0.1, -0.05) is 6.07 Å². The van der Waals surface area contributed by atoms with Crippen molar-refractivity contribution in [3.8, 4) is 0 Å². The number of benzene rings is 1. The normalized spacial score (nSPS) is 11.6. The van der Waals surface area contributed by atoms with Crippen molar-refractivity contribution < 1.29 is 18.3 Å². The lowest BCUT2D eigenvalue weighted by atomic mass is 10.2. The summed E-state index contributed by atoms with van der Waals surface area (Å²) in [5.74, 6) is 0. The van der Waals surface area contributed by atoms with Crippen molar-refractivity contribution in [2.45, 2.75) is 12.6 Å². The number of alkyl halides is 3. The first-order valence-electron chi connectivity index (χ1n) is 4.94. The van der Waals surface area contributed by atoms with Crippen LogP contribution in [0.3, 0.4) is 0 Å². The standard InChI is InChI=1S/C11H14F3NO/c1-15(6-3-7-16)10-5-2-4-9(8-10)11(12,13)14/h2,4-5,8,16H,3,6-7H2,1H3. The smallest absolute Gasteiger partial charge is 0.396 e. The van der Waals surface area contributed by atoms with Crippen molar-refractivity contribution in [2.24, 2.45) is 0 Å². The van der Waals surface area contributed by atoms with Gasteiger partial charge < -0.3 is 10.0 Å². The number of hydrogen-bond acceptors (Lipinski definition) is 2. The third-order valence-corrected chi connectivity index (χ3v) is 2.27. The van der Waals surface area contributed by atoms with Crippen LogP contribution in [0.2, 0.25) is 0 Å². The lowest BCUT2D eigenvalue weighted by Crippen LogP contribution is -2.20. The maximum Gasteiger partial charge on any atom is 0.416 e. The second kappa shape index (κ2) is 5.21. The second-order valence-electron chi connectivity index (χ2n) is 3.55. The highest BCUT2D eigenvalue weighted by Crippen LogP contribution is 2.31. The molecule has 0 fully saturated rings. The summed E-state index contributed by atoms with van der Waals surface area (Å²) in [6.45, 7) is 0.557. The largest absolute Gasteiger partial charge is 0.416 e. The van der Waals surface area contributed by atoms with Crippen molar-refractivity contribution >= 4 is 5.69 Å². The Hall–Kier alpha value is -1.23. The Balaban J connectivity index is 2.82. The lowest BCUT2D eigenvalue weighted by Gasteiger charge is -2.20. The summed E-state index contributed by atoms with van der Waals surface area (Å²) in [6, 6.07) is 5.15. The zero-order valence-electron chi connectivity index (χ0n) is 8.96. The topological polar surface area (TPSA) is 23.5 Å². The Morgan fingerprint density at radius 1 is 1.31 bits per heavy atom. The summed E-state index contributed by atoms with van der Waals surface area (Å²) < 4.78 is 37.3. The van der Waals surface area contributed by atoms with E-state index in [1.807, 2.05) is 0 Å². The molecule has 90 valence electrons. The summed E-state index contributed by atoms with van der Waals surface area (Å²) in [7, 11) is 1.70. The highest BCUT2D eigenvalue weighted by atomic mass is 19.4. The van der Waals surface area contributed by atoms with Gasteiger partial charge in [-0.15, -0.1) is 0 Å². The van der Waals surface area contributed by atoms with Crippen LogP contribution in [0.15, 0.2) is 24.3 Å². The maximum absolute atomic E-state index is 12.4. The highest BCUT2D eigenvalue weighted by molar-refractivity contribution is 5.48. The van der Waals surface area contributed by atoms with E-state index in [-0.39, 0.29) is 6.61 Å². The Morgan fingerprint density at radius 2 is 2.00 bits per heavy atom. The molecule has 0 aromatic heterocycles. The van der Waals surface area contributed by atoms with Gasteiger partial charge in [0.15, 0.2) is 0 Å². The molecule has 1 N–H and O–H groups in total. The molecule has 0 aliphatic carbocycles. The predicted octanol–water partition coefficient (Wildman–Crippen LogP) is 2.52. The molecule has 1 aromatic carbocycles. The number of anilines is 1. The molecule has 0 bridgehead atoms. The van der Waals surface area contributed by atoms with Crippen molar-refractivity contribution in [3.05, 3.63) is 29.8 Å². The van der Waals surface area contributed by atoms with Crippen LogP contribution in [0.1, 0.15) is 12.0 Å². The third-order valence-electron chi connectivity index (χ3n) is 2.27. The van der Waals surface area contributed by atoms with Gasteiger partial charge >= 0.3 is 6.18 Å². The maximum atomic E-state index is 12.4. The van der Waals surface area contributed by atoms with Gasteiger partial charge in [-0.05, 0) is 24.6 Å². The van der Waals surface area contributed by atoms with E-state index in [9.17, 15) is 13.2 Å². The van der Waals surface area contributed by atoms with Crippen LogP contribution in [0, 0.1) is 0 Å². The van der Waals surface area contributed by atoms with Crippen molar-refractivity contribution in [1.82, 2.24) is 0 Å². The summed E-state index contributed by atoms with van der Waals surface area (Å²) in [6.07, 6.45) is -3.78. The summed E-state index contributed by atoms with van der Waals surface area (Å²) in [5, 5.41) is 8.64. The van der Waals surface area contributed by atoms with Gasteiger partial charge in [0.05, 0.1) is 5.56 Å². The van der Waals surface area contributed by atoms with Crippen LogP contribution in [-0.4, -0.2) is 25.3 Å². The predicted molar refractivity (Wildman–Crippen MR) is 56.4 cm³/mol. The van der Waals surface area contributed by atoms with Gasteiger partial charge in [0.2, 0.25) is 0 Å². The Bertz CT molecular complexity index is 338. The number of rotatable bonds is 4. The molecular weight excluding hydrogens is 219 g/mol. The number of nitrogens with zero attached hydrogens (tertiary/aromatic N) is 1. The van der Waals surface area contributed by atoms with Crippen LogP contribution < -0.4 is 4.90 Å². The molecule has 0 radical (unpaired) electrons. The van der Waals surface area contributed by atoms with Gasteiger partial charge in [0.25, 0.3) is 0 Å². The molecule has 16 heavy (non-hydrogen) atoms. The van der Waals surface area contributed by atoms with Crippen molar-refractivity contribution in [2.75, 3.05) is 25.1 Å². The molecule has 1 aromatic rings. The quantitative estimate of drug-likeness (QED) is 0.863. The summed E-state index contributed by atoms with van der Waals surface area (Å²) in [4.78, 5) is 1.69. The lowest BCUT2D eigenvalue weighted by molar-refractivity contribution is -0.137. The van der Waals surface area contributed by atoms with E-state index in [1.165, 1.54) is 6.07 Å². The monoisotopic (exact) mass is 233 g/mol.